The first-order valence-electron chi connectivity index (χ1n) is 12.2. The van der Waals surface area contributed by atoms with Crippen LogP contribution in [0.3, 0.4) is 0 Å². The van der Waals surface area contributed by atoms with Gasteiger partial charge in [-0.3, -0.25) is 4.79 Å². The third kappa shape index (κ3) is 4.20. The summed E-state index contributed by atoms with van der Waals surface area (Å²) >= 11 is 0. The number of alkyl halides is 3. The Kier molecular flexibility index (Phi) is 5.86. The number of halogens is 3. The normalized spacial score (nSPS) is 23.0. The minimum absolute atomic E-state index is 0.0716. The molecule has 35 heavy (non-hydrogen) atoms. The van der Waals surface area contributed by atoms with Crippen molar-refractivity contribution >= 4 is 16.7 Å². The third-order valence-corrected chi connectivity index (χ3v) is 7.81. The molecule has 3 saturated heterocycles. The Morgan fingerprint density at radius 3 is 2.43 bits per heavy atom. The second-order valence-corrected chi connectivity index (χ2v) is 9.84. The molecule has 0 aliphatic carbocycles. The zero-order valence-electron chi connectivity index (χ0n) is 20.2. The fraction of sp³-hybridized carbons (Fsp3) is 0.500. The molecule has 9 heteroatoms. The van der Waals surface area contributed by atoms with Crippen molar-refractivity contribution in [2.24, 2.45) is 0 Å². The standard InChI is InChI=1S/C26H30F3N5O/c1-4-21(18-6-5-7-20(16(18)2)26(27,28)29)32-24-19-15-34(23(35)14-22(19)30-17(3)31-24)25-8-11-33(12-9-25)13-10-25/h5-7,14-15,21H,4,8-13H2,1-3H3,(H,30,31,32)/t21-/m1/s1. The molecular weight excluding hydrogens is 455 g/mol. The zero-order valence-corrected chi connectivity index (χ0v) is 20.2. The van der Waals surface area contributed by atoms with E-state index in [-0.39, 0.29) is 22.7 Å². The number of benzene rings is 1. The van der Waals surface area contributed by atoms with Crippen LogP contribution in [0.5, 0.6) is 0 Å². The Bertz CT molecular complexity index is 1310. The van der Waals surface area contributed by atoms with Crippen molar-refractivity contribution in [2.75, 3.05) is 25.0 Å². The van der Waals surface area contributed by atoms with E-state index in [1.807, 2.05) is 17.7 Å². The molecule has 0 amide bonds. The van der Waals surface area contributed by atoms with Crippen molar-refractivity contribution in [2.45, 2.75) is 64.2 Å². The number of aryl methyl sites for hydroxylation is 1. The molecule has 186 valence electrons. The zero-order chi connectivity index (χ0) is 25.0. The Hall–Kier alpha value is -2.94. The minimum Gasteiger partial charge on any atom is -0.363 e. The Balaban J connectivity index is 1.59. The largest absolute Gasteiger partial charge is 0.416 e. The lowest BCUT2D eigenvalue weighted by molar-refractivity contribution is -0.138. The topological polar surface area (TPSA) is 63.1 Å². The van der Waals surface area contributed by atoms with Gasteiger partial charge < -0.3 is 14.8 Å². The summed E-state index contributed by atoms with van der Waals surface area (Å²) in [6.45, 7) is 8.13. The second-order valence-electron chi connectivity index (χ2n) is 9.84. The number of anilines is 1. The van der Waals surface area contributed by atoms with Crippen LogP contribution >= 0.6 is 0 Å². The van der Waals surface area contributed by atoms with Crippen LogP contribution in [-0.2, 0) is 11.7 Å². The molecule has 6 nitrogen and oxygen atoms in total. The van der Waals surface area contributed by atoms with E-state index in [0.717, 1.165) is 45.0 Å². The molecule has 5 heterocycles. The summed E-state index contributed by atoms with van der Waals surface area (Å²) in [5.74, 6) is 1.03. The summed E-state index contributed by atoms with van der Waals surface area (Å²) in [4.78, 5) is 24.7. The molecular formula is C26H30F3N5O. The van der Waals surface area contributed by atoms with E-state index in [0.29, 0.717) is 34.5 Å². The highest BCUT2D eigenvalue weighted by molar-refractivity contribution is 5.88. The van der Waals surface area contributed by atoms with Crippen LogP contribution in [0.25, 0.3) is 10.9 Å². The van der Waals surface area contributed by atoms with Crippen LogP contribution in [0.4, 0.5) is 19.0 Å². The van der Waals surface area contributed by atoms with Crippen molar-refractivity contribution in [1.29, 1.82) is 0 Å². The highest BCUT2D eigenvalue weighted by Gasteiger charge is 2.41. The average molecular weight is 486 g/mol. The van der Waals surface area contributed by atoms with Crippen molar-refractivity contribution in [3.05, 3.63) is 63.3 Å². The summed E-state index contributed by atoms with van der Waals surface area (Å²) < 4.78 is 42.5. The van der Waals surface area contributed by atoms with Crippen LogP contribution in [0.2, 0.25) is 0 Å². The lowest BCUT2D eigenvalue weighted by Crippen LogP contribution is -2.55. The number of hydrogen-bond acceptors (Lipinski definition) is 5. The first-order chi connectivity index (χ1) is 16.6. The number of fused-ring (bicyclic) bond motifs is 4. The number of nitrogens with zero attached hydrogens (tertiary/aromatic N) is 4. The number of pyridine rings is 1. The molecule has 1 N–H and O–H groups in total. The van der Waals surface area contributed by atoms with Gasteiger partial charge in [-0.25, -0.2) is 9.97 Å². The molecule has 0 unspecified atom stereocenters. The number of hydrogen-bond donors (Lipinski definition) is 1. The predicted octanol–water partition coefficient (Wildman–Crippen LogP) is 5.19. The van der Waals surface area contributed by atoms with Gasteiger partial charge in [-0.05, 0) is 56.7 Å². The van der Waals surface area contributed by atoms with Gasteiger partial charge in [0.15, 0.2) is 0 Å². The van der Waals surface area contributed by atoms with Gasteiger partial charge in [0.2, 0.25) is 0 Å². The van der Waals surface area contributed by atoms with Gasteiger partial charge >= 0.3 is 6.18 Å². The number of piperidine rings is 3. The maximum absolute atomic E-state index is 13.5. The fourth-order valence-corrected chi connectivity index (χ4v) is 5.77. The van der Waals surface area contributed by atoms with Crippen molar-refractivity contribution in [1.82, 2.24) is 19.4 Å². The maximum Gasteiger partial charge on any atom is 0.416 e. The Morgan fingerprint density at radius 1 is 1.11 bits per heavy atom. The first kappa shape index (κ1) is 23.8. The van der Waals surface area contributed by atoms with Crippen LogP contribution < -0.4 is 10.9 Å². The number of rotatable bonds is 5. The van der Waals surface area contributed by atoms with Crippen molar-refractivity contribution < 1.29 is 13.2 Å². The summed E-state index contributed by atoms with van der Waals surface area (Å²) in [6.07, 6.45) is 0.790. The van der Waals surface area contributed by atoms with Gasteiger partial charge in [0.1, 0.15) is 11.6 Å². The first-order valence-corrected chi connectivity index (χ1v) is 12.2. The van der Waals surface area contributed by atoms with Gasteiger partial charge in [0.05, 0.1) is 28.0 Å². The highest BCUT2D eigenvalue weighted by atomic mass is 19.4. The van der Waals surface area contributed by atoms with Gasteiger partial charge in [-0.15, -0.1) is 0 Å². The van der Waals surface area contributed by atoms with E-state index in [4.69, 9.17) is 0 Å². The summed E-state index contributed by atoms with van der Waals surface area (Å²) in [5.41, 5.74) is 0.427. The quantitative estimate of drug-likeness (QED) is 0.539. The van der Waals surface area contributed by atoms with E-state index in [2.05, 4.69) is 20.2 Å². The van der Waals surface area contributed by atoms with Gasteiger partial charge in [0.25, 0.3) is 5.56 Å². The van der Waals surface area contributed by atoms with E-state index >= 15 is 0 Å². The van der Waals surface area contributed by atoms with Crippen molar-refractivity contribution in [3.63, 3.8) is 0 Å². The molecule has 3 fully saturated rings. The molecule has 3 aliphatic heterocycles. The molecule has 1 aromatic carbocycles. The lowest BCUT2D eigenvalue weighted by atomic mass is 9.79. The van der Waals surface area contributed by atoms with E-state index < -0.39 is 11.7 Å². The average Bonchev–Trinajstić information content (AvgIpc) is 2.82. The summed E-state index contributed by atoms with van der Waals surface area (Å²) in [6, 6.07) is 5.48. The minimum atomic E-state index is -4.42. The second kappa shape index (κ2) is 8.62. The SMILES string of the molecule is CC[C@@H](Nc1nc(C)nc2cc(=O)n(C34CCN(CC3)CC4)cc12)c1cccc(C(F)(F)F)c1C. The molecule has 3 aliphatic rings. The van der Waals surface area contributed by atoms with Gasteiger partial charge in [0, 0.05) is 31.9 Å². The van der Waals surface area contributed by atoms with Gasteiger partial charge in [-0.1, -0.05) is 19.1 Å². The highest BCUT2D eigenvalue weighted by Crippen LogP contribution is 2.39. The molecule has 3 aromatic rings. The predicted molar refractivity (Wildman–Crippen MR) is 130 cm³/mol. The summed E-state index contributed by atoms with van der Waals surface area (Å²) in [7, 11) is 0. The molecule has 0 saturated carbocycles. The number of aromatic nitrogens is 3. The maximum atomic E-state index is 13.5. The Labute approximate surface area is 202 Å². The monoisotopic (exact) mass is 485 g/mol. The van der Waals surface area contributed by atoms with E-state index in [9.17, 15) is 18.0 Å². The molecule has 1 atom stereocenters. The van der Waals surface area contributed by atoms with E-state index in [1.165, 1.54) is 13.0 Å². The lowest BCUT2D eigenvalue weighted by Gasteiger charge is -2.49. The van der Waals surface area contributed by atoms with Crippen LogP contribution in [0, 0.1) is 13.8 Å². The van der Waals surface area contributed by atoms with E-state index in [1.54, 1.807) is 19.1 Å². The molecule has 2 aromatic heterocycles. The number of nitrogens with one attached hydrogen (secondary N) is 1. The van der Waals surface area contributed by atoms with Crippen LogP contribution in [0.1, 0.15) is 61.2 Å². The van der Waals surface area contributed by atoms with Crippen molar-refractivity contribution in [3.8, 4) is 0 Å². The fourth-order valence-electron chi connectivity index (χ4n) is 5.77. The Morgan fingerprint density at radius 2 is 1.80 bits per heavy atom. The molecule has 6 rings (SSSR count). The van der Waals surface area contributed by atoms with Gasteiger partial charge in [-0.2, -0.15) is 13.2 Å². The smallest absolute Gasteiger partial charge is 0.363 e. The molecule has 0 radical (unpaired) electrons. The van der Waals surface area contributed by atoms with Crippen LogP contribution in [0.15, 0.2) is 35.3 Å². The summed E-state index contributed by atoms with van der Waals surface area (Å²) in [5, 5.41) is 4.11. The third-order valence-electron chi connectivity index (χ3n) is 7.81. The molecule has 0 spiro atoms. The molecule has 2 bridgehead atoms. The van der Waals surface area contributed by atoms with Crippen LogP contribution in [-0.4, -0.2) is 39.1 Å².